The van der Waals surface area contributed by atoms with E-state index in [0.717, 1.165) is 0 Å². The van der Waals surface area contributed by atoms with E-state index in [1.54, 1.807) is 24.3 Å². The van der Waals surface area contributed by atoms with Crippen molar-refractivity contribution in [3.05, 3.63) is 29.3 Å². The third-order valence-electron chi connectivity index (χ3n) is 1.95. The normalized spacial score (nSPS) is 11.3. The summed E-state index contributed by atoms with van der Waals surface area (Å²) in [5.74, 6) is 0. The van der Waals surface area contributed by atoms with Crippen LogP contribution in [0, 0.1) is 11.3 Å². The topological polar surface area (TPSA) is 64.9 Å². The molecule has 0 fully saturated rings. The van der Waals surface area contributed by atoms with E-state index >= 15 is 0 Å². The minimum Gasteiger partial charge on any atom is -0.322 e. The van der Waals surface area contributed by atoms with Crippen molar-refractivity contribution >= 4 is 23.3 Å². The molecule has 0 aliphatic rings. The Balaban J connectivity index is 2.55. The van der Waals surface area contributed by atoms with Gasteiger partial charge in [-0.1, -0.05) is 24.6 Å². The maximum absolute atomic E-state index is 11.4. The van der Waals surface area contributed by atoms with Crippen molar-refractivity contribution in [3.63, 3.8) is 0 Å². The highest BCUT2D eigenvalue weighted by atomic mass is 35.5. The molecule has 0 radical (unpaired) electrons. The van der Waals surface area contributed by atoms with E-state index < -0.39 is 12.1 Å². The van der Waals surface area contributed by atoms with Crippen LogP contribution in [-0.4, -0.2) is 12.1 Å². The third kappa shape index (κ3) is 3.79. The fraction of sp³-hybridized carbons (Fsp3) is 0.273. The second-order valence-corrected chi connectivity index (χ2v) is 3.64. The molecule has 1 rings (SSSR count). The number of urea groups is 1. The number of nitrogens with one attached hydrogen (secondary N) is 2. The van der Waals surface area contributed by atoms with Gasteiger partial charge < -0.3 is 10.6 Å². The minimum atomic E-state index is -0.473. The van der Waals surface area contributed by atoms with Gasteiger partial charge in [-0.2, -0.15) is 5.26 Å². The van der Waals surface area contributed by atoms with Crippen LogP contribution in [0.2, 0.25) is 5.02 Å². The maximum atomic E-state index is 11.4. The summed E-state index contributed by atoms with van der Waals surface area (Å²) in [6, 6.07) is 7.91. The first-order valence-corrected chi connectivity index (χ1v) is 5.26. The van der Waals surface area contributed by atoms with E-state index in [-0.39, 0.29) is 0 Å². The van der Waals surface area contributed by atoms with Crippen LogP contribution in [-0.2, 0) is 0 Å². The number of amides is 2. The first-order chi connectivity index (χ1) is 7.65. The van der Waals surface area contributed by atoms with Crippen molar-refractivity contribution in [2.75, 3.05) is 5.32 Å². The van der Waals surface area contributed by atoms with Crippen molar-refractivity contribution in [2.24, 2.45) is 0 Å². The molecule has 0 aliphatic carbocycles. The van der Waals surface area contributed by atoms with Crippen LogP contribution >= 0.6 is 11.6 Å². The van der Waals surface area contributed by atoms with Crippen LogP contribution in [0.1, 0.15) is 13.3 Å². The van der Waals surface area contributed by atoms with Crippen molar-refractivity contribution in [1.29, 1.82) is 5.26 Å². The first-order valence-electron chi connectivity index (χ1n) is 4.88. The Kier molecular flexibility index (Phi) is 4.62. The first kappa shape index (κ1) is 12.3. The molecular weight excluding hydrogens is 226 g/mol. The Morgan fingerprint density at radius 3 is 2.94 bits per heavy atom. The zero-order chi connectivity index (χ0) is 12.0. The van der Waals surface area contributed by atoms with Gasteiger partial charge in [-0.25, -0.2) is 4.79 Å². The summed E-state index contributed by atoms with van der Waals surface area (Å²) >= 11 is 5.76. The fourth-order valence-corrected chi connectivity index (χ4v) is 1.31. The van der Waals surface area contributed by atoms with Crippen molar-refractivity contribution < 1.29 is 4.79 Å². The van der Waals surface area contributed by atoms with Crippen molar-refractivity contribution in [1.82, 2.24) is 5.32 Å². The number of anilines is 1. The van der Waals surface area contributed by atoms with E-state index in [0.29, 0.717) is 17.1 Å². The Bertz CT molecular complexity index is 414. The van der Waals surface area contributed by atoms with Crippen LogP contribution < -0.4 is 10.6 Å². The van der Waals surface area contributed by atoms with Gasteiger partial charge in [-0.15, -0.1) is 0 Å². The summed E-state index contributed by atoms with van der Waals surface area (Å²) in [4.78, 5) is 11.4. The molecule has 4 nitrogen and oxygen atoms in total. The highest BCUT2D eigenvalue weighted by Crippen LogP contribution is 2.14. The summed E-state index contributed by atoms with van der Waals surface area (Å²) < 4.78 is 0. The second-order valence-electron chi connectivity index (χ2n) is 3.20. The molecule has 0 aromatic heterocycles. The van der Waals surface area contributed by atoms with Gasteiger partial charge in [0.05, 0.1) is 6.07 Å². The standard InChI is InChI=1S/C11H12ClN3O/c1-2-9(7-13)14-11(16)15-10-5-3-4-8(12)6-10/h3-6,9H,2H2,1H3,(H2,14,15,16). The molecule has 1 aromatic rings. The quantitative estimate of drug-likeness (QED) is 0.849. The zero-order valence-corrected chi connectivity index (χ0v) is 9.58. The number of hydrogen-bond donors (Lipinski definition) is 2. The van der Waals surface area contributed by atoms with E-state index in [1.807, 2.05) is 13.0 Å². The van der Waals surface area contributed by atoms with Gasteiger partial charge in [0.1, 0.15) is 6.04 Å². The third-order valence-corrected chi connectivity index (χ3v) is 2.19. The molecule has 16 heavy (non-hydrogen) atoms. The van der Waals surface area contributed by atoms with Crippen LogP contribution in [0.15, 0.2) is 24.3 Å². The molecular formula is C11H12ClN3O. The lowest BCUT2D eigenvalue weighted by Crippen LogP contribution is -2.36. The molecule has 5 heteroatoms. The molecule has 2 amide bonds. The van der Waals surface area contributed by atoms with Gasteiger partial charge in [-0.3, -0.25) is 0 Å². The number of benzene rings is 1. The number of hydrogen-bond acceptors (Lipinski definition) is 2. The van der Waals surface area contributed by atoms with Crippen LogP contribution in [0.3, 0.4) is 0 Å². The summed E-state index contributed by atoms with van der Waals surface area (Å²) in [6.07, 6.45) is 0.569. The van der Waals surface area contributed by atoms with E-state index in [9.17, 15) is 4.79 Å². The molecule has 0 saturated carbocycles. The molecule has 2 N–H and O–H groups in total. The largest absolute Gasteiger partial charge is 0.322 e. The zero-order valence-electron chi connectivity index (χ0n) is 8.83. The monoisotopic (exact) mass is 237 g/mol. The lowest BCUT2D eigenvalue weighted by Gasteiger charge is -2.10. The van der Waals surface area contributed by atoms with Crippen LogP contribution in [0.5, 0.6) is 0 Å². The van der Waals surface area contributed by atoms with Gasteiger partial charge in [0.2, 0.25) is 0 Å². The van der Waals surface area contributed by atoms with Gasteiger partial charge in [0.25, 0.3) is 0 Å². The van der Waals surface area contributed by atoms with E-state index in [1.165, 1.54) is 0 Å². The number of nitriles is 1. The SMILES string of the molecule is CCC(C#N)NC(=O)Nc1cccc(Cl)c1. The average molecular weight is 238 g/mol. The van der Waals surface area contributed by atoms with Gasteiger partial charge in [0, 0.05) is 10.7 Å². The highest BCUT2D eigenvalue weighted by Gasteiger charge is 2.08. The molecule has 0 spiro atoms. The molecule has 0 heterocycles. The van der Waals surface area contributed by atoms with Crippen molar-refractivity contribution in [2.45, 2.75) is 19.4 Å². The molecule has 84 valence electrons. The molecule has 0 bridgehead atoms. The predicted molar refractivity (Wildman–Crippen MR) is 63.3 cm³/mol. The lowest BCUT2D eigenvalue weighted by atomic mass is 10.2. The smallest absolute Gasteiger partial charge is 0.320 e. The molecule has 0 saturated heterocycles. The summed E-state index contributed by atoms with van der Waals surface area (Å²) in [5.41, 5.74) is 0.595. The van der Waals surface area contributed by atoms with Crippen LogP contribution in [0.25, 0.3) is 0 Å². The Labute approximate surface area is 99.2 Å². The second kappa shape index (κ2) is 5.99. The summed E-state index contributed by atoms with van der Waals surface area (Å²) in [7, 11) is 0. The Morgan fingerprint density at radius 1 is 1.62 bits per heavy atom. The Hall–Kier alpha value is -1.73. The van der Waals surface area contributed by atoms with Gasteiger partial charge in [-0.05, 0) is 24.6 Å². The number of halogens is 1. The lowest BCUT2D eigenvalue weighted by molar-refractivity contribution is 0.250. The fourth-order valence-electron chi connectivity index (χ4n) is 1.12. The van der Waals surface area contributed by atoms with Gasteiger partial charge >= 0.3 is 6.03 Å². The molecule has 1 unspecified atom stereocenters. The van der Waals surface area contributed by atoms with Crippen molar-refractivity contribution in [3.8, 4) is 6.07 Å². The highest BCUT2D eigenvalue weighted by molar-refractivity contribution is 6.30. The van der Waals surface area contributed by atoms with Gasteiger partial charge in [0.15, 0.2) is 0 Å². The van der Waals surface area contributed by atoms with Crippen LogP contribution in [0.4, 0.5) is 10.5 Å². The number of nitrogens with zero attached hydrogens (tertiary/aromatic N) is 1. The molecule has 1 aromatic carbocycles. The van der Waals surface area contributed by atoms with E-state index in [4.69, 9.17) is 16.9 Å². The molecule has 0 aliphatic heterocycles. The average Bonchev–Trinajstić information content (AvgIpc) is 2.26. The number of carbonyl (C=O) groups is 1. The predicted octanol–water partition coefficient (Wildman–Crippen LogP) is 2.76. The number of rotatable bonds is 3. The summed E-state index contributed by atoms with van der Waals surface area (Å²) in [6.45, 7) is 1.83. The maximum Gasteiger partial charge on any atom is 0.320 e. The number of carbonyl (C=O) groups excluding carboxylic acids is 1. The van der Waals surface area contributed by atoms with E-state index in [2.05, 4.69) is 10.6 Å². The minimum absolute atomic E-state index is 0.407. The summed E-state index contributed by atoms with van der Waals surface area (Å²) in [5, 5.41) is 14.3. The molecule has 1 atom stereocenters. The Morgan fingerprint density at radius 2 is 2.38 bits per heavy atom.